The summed E-state index contributed by atoms with van der Waals surface area (Å²) in [6.45, 7) is 0. The molecule has 0 amide bonds. The fourth-order valence-electron chi connectivity index (χ4n) is 2.11. The van der Waals surface area contributed by atoms with E-state index >= 15 is 0 Å². The van der Waals surface area contributed by atoms with Gasteiger partial charge < -0.3 is 19.9 Å². The van der Waals surface area contributed by atoms with E-state index in [2.05, 4.69) is 5.10 Å². The summed E-state index contributed by atoms with van der Waals surface area (Å²) in [7, 11) is 6.64. The average molecular weight is 277 g/mol. The highest BCUT2D eigenvalue weighted by molar-refractivity contribution is 5.44. The van der Waals surface area contributed by atoms with Crippen molar-refractivity contribution in [2.75, 3.05) is 21.3 Å². The molecule has 2 rings (SSSR count). The predicted octanol–water partition coefficient (Wildman–Crippen LogP) is 1.49. The normalized spacial score (nSPS) is 12.1. The Morgan fingerprint density at radius 1 is 1.05 bits per heavy atom. The van der Waals surface area contributed by atoms with Crippen LogP contribution in [0.1, 0.15) is 17.3 Å². The van der Waals surface area contributed by atoms with Crippen LogP contribution in [-0.2, 0) is 7.05 Å². The second-order valence-electron chi connectivity index (χ2n) is 4.35. The molecule has 0 radical (unpaired) electrons. The van der Waals surface area contributed by atoms with E-state index in [4.69, 9.17) is 19.9 Å². The maximum absolute atomic E-state index is 6.33. The van der Waals surface area contributed by atoms with Crippen LogP contribution < -0.4 is 19.9 Å². The van der Waals surface area contributed by atoms with Crippen LogP contribution in [0.25, 0.3) is 0 Å². The molecule has 0 aliphatic heterocycles. The molecule has 0 aliphatic rings. The van der Waals surface area contributed by atoms with Gasteiger partial charge in [0.25, 0.3) is 0 Å². The van der Waals surface area contributed by atoms with Gasteiger partial charge in [-0.15, -0.1) is 0 Å². The number of benzene rings is 1. The van der Waals surface area contributed by atoms with Crippen LogP contribution in [0, 0.1) is 0 Å². The van der Waals surface area contributed by atoms with Crippen LogP contribution in [0.4, 0.5) is 0 Å². The lowest BCUT2D eigenvalue weighted by molar-refractivity contribution is 0.392. The van der Waals surface area contributed by atoms with Crippen molar-refractivity contribution in [1.82, 2.24) is 9.78 Å². The first-order valence-corrected chi connectivity index (χ1v) is 6.15. The number of hydrogen-bond acceptors (Lipinski definition) is 5. The molecule has 2 aromatic rings. The molecule has 1 aromatic heterocycles. The lowest BCUT2D eigenvalue weighted by Gasteiger charge is -2.16. The molecule has 6 nitrogen and oxygen atoms in total. The molecule has 0 saturated heterocycles. The standard InChI is InChI=1S/C14H19N3O3/c1-17-14(12(20-4)8-16-17)13(15)9-5-10(18-2)7-11(6-9)19-3/h5-8,13H,15H2,1-4H3. The maximum Gasteiger partial charge on any atom is 0.161 e. The number of nitrogens with two attached hydrogens (primary N) is 1. The Kier molecular flexibility index (Phi) is 4.14. The third kappa shape index (κ3) is 2.55. The first-order chi connectivity index (χ1) is 9.60. The van der Waals surface area contributed by atoms with Crippen molar-refractivity contribution in [3.8, 4) is 17.2 Å². The highest BCUT2D eigenvalue weighted by Crippen LogP contribution is 2.32. The lowest BCUT2D eigenvalue weighted by Crippen LogP contribution is -2.17. The minimum absolute atomic E-state index is 0.388. The van der Waals surface area contributed by atoms with E-state index < -0.39 is 0 Å². The van der Waals surface area contributed by atoms with Crippen molar-refractivity contribution >= 4 is 0 Å². The van der Waals surface area contributed by atoms with Gasteiger partial charge in [0, 0.05) is 13.1 Å². The molecular weight excluding hydrogens is 258 g/mol. The van der Waals surface area contributed by atoms with E-state index in [9.17, 15) is 0 Å². The van der Waals surface area contributed by atoms with Crippen LogP contribution in [0.15, 0.2) is 24.4 Å². The van der Waals surface area contributed by atoms with Crippen LogP contribution >= 0.6 is 0 Å². The molecule has 0 aliphatic carbocycles. The summed E-state index contributed by atoms with van der Waals surface area (Å²) < 4.78 is 17.5. The third-order valence-corrected chi connectivity index (χ3v) is 3.20. The Hall–Kier alpha value is -2.21. The second kappa shape index (κ2) is 5.83. The largest absolute Gasteiger partial charge is 0.497 e. The maximum atomic E-state index is 6.33. The smallest absolute Gasteiger partial charge is 0.161 e. The minimum atomic E-state index is -0.388. The zero-order valence-corrected chi connectivity index (χ0v) is 12.1. The van der Waals surface area contributed by atoms with E-state index in [0.29, 0.717) is 17.2 Å². The summed E-state index contributed by atoms with van der Waals surface area (Å²) >= 11 is 0. The monoisotopic (exact) mass is 277 g/mol. The van der Waals surface area contributed by atoms with Crippen molar-refractivity contribution in [3.05, 3.63) is 35.7 Å². The van der Waals surface area contributed by atoms with Gasteiger partial charge >= 0.3 is 0 Å². The zero-order chi connectivity index (χ0) is 14.7. The molecule has 1 atom stereocenters. The first kappa shape index (κ1) is 14.2. The number of rotatable bonds is 5. The number of hydrogen-bond donors (Lipinski definition) is 1. The van der Waals surface area contributed by atoms with Gasteiger partial charge in [0.1, 0.15) is 17.2 Å². The molecule has 0 fully saturated rings. The van der Waals surface area contributed by atoms with Crippen molar-refractivity contribution in [3.63, 3.8) is 0 Å². The highest BCUT2D eigenvalue weighted by Gasteiger charge is 2.20. The van der Waals surface area contributed by atoms with Gasteiger partial charge in [0.2, 0.25) is 0 Å². The summed E-state index contributed by atoms with van der Waals surface area (Å²) in [6.07, 6.45) is 1.65. The van der Waals surface area contributed by atoms with Crippen LogP contribution in [-0.4, -0.2) is 31.1 Å². The highest BCUT2D eigenvalue weighted by atomic mass is 16.5. The Morgan fingerprint density at radius 3 is 2.15 bits per heavy atom. The third-order valence-electron chi connectivity index (χ3n) is 3.20. The number of nitrogens with zero attached hydrogens (tertiary/aromatic N) is 2. The summed E-state index contributed by atoms with van der Waals surface area (Å²) in [4.78, 5) is 0. The zero-order valence-electron chi connectivity index (χ0n) is 12.1. The number of methoxy groups -OCH3 is 3. The molecule has 0 spiro atoms. The molecule has 1 heterocycles. The average Bonchev–Trinajstić information content (AvgIpc) is 2.86. The number of ether oxygens (including phenoxy) is 3. The Bertz CT molecular complexity index is 573. The molecular formula is C14H19N3O3. The SMILES string of the molecule is COc1cc(OC)cc(C(N)c2c(OC)cnn2C)c1. The lowest BCUT2D eigenvalue weighted by atomic mass is 10.0. The van der Waals surface area contributed by atoms with Gasteiger partial charge in [0.05, 0.1) is 33.6 Å². The van der Waals surface area contributed by atoms with Crippen LogP contribution in [0.3, 0.4) is 0 Å². The fourth-order valence-corrected chi connectivity index (χ4v) is 2.11. The molecule has 108 valence electrons. The van der Waals surface area contributed by atoms with E-state index in [1.807, 2.05) is 19.2 Å². The first-order valence-electron chi connectivity index (χ1n) is 6.15. The van der Waals surface area contributed by atoms with Crippen molar-refractivity contribution in [1.29, 1.82) is 0 Å². The van der Waals surface area contributed by atoms with Gasteiger partial charge in [0.15, 0.2) is 5.75 Å². The topological polar surface area (TPSA) is 71.5 Å². The van der Waals surface area contributed by atoms with E-state index in [1.54, 1.807) is 38.3 Å². The van der Waals surface area contributed by atoms with Gasteiger partial charge in [-0.2, -0.15) is 5.10 Å². The van der Waals surface area contributed by atoms with Crippen molar-refractivity contribution < 1.29 is 14.2 Å². The summed E-state index contributed by atoms with van der Waals surface area (Å²) in [6, 6.07) is 5.16. The Labute approximate surface area is 118 Å². The molecule has 20 heavy (non-hydrogen) atoms. The van der Waals surface area contributed by atoms with Gasteiger partial charge in [-0.3, -0.25) is 4.68 Å². The van der Waals surface area contributed by atoms with E-state index in [-0.39, 0.29) is 6.04 Å². The molecule has 2 N–H and O–H groups in total. The predicted molar refractivity (Wildman–Crippen MR) is 75.3 cm³/mol. The molecule has 0 saturated carbocycles. The molecule has 6 heteroatoms. The second-order valence-corrected chi connectivity index (χ2v) is 4.35. The van der Waals surface area contributed by atoms with Gasteiger partial charge in [-0.25, -0.2) is 0 Å². The van der Waals surface area contributed by atoms with Crippen LogP contribution in [0.2, 0.25) is 0 Å². The van der Waals surface area contributed by atoms with Crippen molar-refractivity contribution in [2.24, 2.45) is 12.8 Å². The van der Waals surface area contributed by atoms with E-state index in [0.717, 1.165) is 11.3 Å². The molecule has 1 aromatic carbocycles. The molecule has 0 bridgehead atoms. The fraction of sp³-hybridized carbons (Fsp3) is 0.357. The van der Waals surface area contributed by atoms with Gasteiger partial charge in [-0.1, -0.05) is 0 Å². The quantitative estimate of drug-likeness (QED) is 0.896. The van der Waals surface area contributed by atoms with Crippen LogP contribution in [0.5, 0.6) is 17.2 Å². The Morgan fingerprint density at radius 2 is 1.65 bits per heavy atom. The summed E-state index contributed by atoms with van der Waals surface area (Å²) in [5.41, 5.74) is 7.99. The number of aryl methyl sites for hydroxylation is 1. The summed E-state index contributed by atoms with van der Waals surface area (Å²) in [5.74, 6) is 2.04. The Balaban J connectivity index is 2.46. The van der Waals surface area contributed by atoms with Gasteiger partial charge in [-0.05, 0) is 17.7 Å². The number of aromatic nitrogens is 2. The molecule has 1 unspecified atom stereocenters. The van der Waals surface area contributed by atoms with E-state index in [1.165, 1.54) is 0 Å². The van der Waals surface area contributed by atoms with Crippen molar-refractivity contribution in [2.45, 2.75) is 6.04 Å². The summed E-state index contributed by atoms with van der Waals surface area (Å²) in [5, 5.41) is 4.17. The minimum Gasteiger partial charge on any atom is -0.497 e.